The van der Waals surface area contributed by atoms with Gasteiger partial charge in [0.15, 0.2) is 0 Å². The molecule has 0 amide bonds. The molecule has 3 heteroatoms. The molecule has 1 atom stereocenters. The molecule has 0 aliphatic carbocycles. The lowest BCUT2D eigenvalue weighted by molar-refractivity contribution is 0.266. The van der Waals surface area contributed by atoms with Gasteiger partial charge in [-0.25, -0.2) is 0 Å². The molecule has 1 aromatic rings. The number of nitrogens with one attached hydrogen (secondary N) is 1. The van der Waals surface area contributed by atoms with Crippen LogP contribution in [0.5, 0.6) is 0 Å². The van der Waals surface area contributed by atoms with E-state index in [2.05, 4.69) is 34.7 Å². The van der Waals surface area contributed by atoms with Crippen LogP contribution in [0.1, 0.15) is 31.1 Å². The van der Waals surface area contributed by atoms with E-state index in [0.717, 1.165) is 19.1 Å². The standard InChI is InChI=1S/C13H22N2S/c1-2-15(11-13-6-4-10-16-13)9-7-12-5-3-8-14-12/h4,6,10,12,14H,2-3,5,7-9,11H2,1H3. The fourth-order valence-electron chi connectivity index (χ4n) is 2.31. The number of thiophene rings is 1. The minimum atomic E-state index is 0.775. The molecule has 16 heavy (non-hydrogen) atoms. The maximum absolute atomic E-state index is 3.57. The largest absolute Gasteiger partial charge is 0.314 e. The molecule has 90 valence electrons. The van der Waals surface area contributed by atoms with Crippen LogP contribution in [0.3, 0.4) is 0 Å². The molecule has 2 nitrogen and oxygen atoms in total. The Bertz CT molecular complexity index is 278. The molecule has 1 fully saturated rings. The van der Waals surface area contributed by atoms with Crippen LogP contribution >= 0.6 is 11.3 Å². The van der Waals surface area contributed by atoms with Gasteiger partial charge in [0, 0.05) is 17.5 Å². The highest BCUT2D eigenvalue weighted by atomic mass is 32.1. The van der Waals surface area contributed by atoms with Crippen LogP contribution in [-0.4, -0.2) is 30.6 Å². The van der Waals surface area contributed by atoms with E-state index in [4.69, 9.17) is 0 Å². The summed E-state index contributed by atoms with van der Waals surface area (Å²) >= 11 is 1.87. The number of hydrogen-bond acceptors (Lipinski definition) is 3. The van der Waals surface area contributed by atoms with Crippen LogP contribution in [0.4, 0.5) is 0 Å². The second-order valence-corrected chi connectivity index (χ2v) is 5.56. The summed E-state index contributed by atoms with van der Waals surface area (Å²) in [6.07, 6.45) is 4.04. The lowest BCUT2D eigenvalue weighted by Crippen LogP contribution is -2.30. The van der Waals surface area contributed by atoms with Gasteiger partial charge in [-0.05, 0) is 50.3 Å². The van der Waals surface area contributed by atoms with Gasteiger partial charge in [-0.3, -0.25) is 4.90 Å². The summed E-state index contributed by atoms with van der Waals surface area (Å²) in [6, 6.07) is 5.16. The van der Waals surface area contributed by atoms with Gasteiger partial charge < -0.3 is 5.32 Å². The molecule has 1 aliphatic heterocycles. The Morgan fingerprint density at radius 3 is 3.12 bits per heavy atom. The Morgan fingerprint density at radius 2 is 2.50 bits per heavy atom. The summed E-state index contributed by atoms with van der Waals surface area (Å²) in [4.78, 5) is 4.03. The predicted molar refractivity (Wildman–Crippen MR) is 70.9 cm³/mol. The van der Waals surface area contributed by atoms with Gasteiger partial charge in [-0.15, -0.1) is 11.3 Å². The Hall–Kier alpha value is -0.380. The normalized spacial score (nSPS) is 20.8. The Labute approximate surface area is 103 Å². The maximum Gasteiger partial charge on any atom is 0.0327 e. The van der Waals surface area contributed by atoms with Crippen molar-refractivity contribution >= 4 is 11.3 Å². The van der Waals surface area contributed by atoms with Crippen molar-refractivity contribution in [2.75, 3.05) is 19.6 Å². The summed E-state index contributed by atoms with van der Waals surface area (Å²) in [5, 5.41) is 5.74. The van der Waals surface area contributed by atoms with Crippen LogP contribution in [0.25, 0.3) is 0 Å². The van der Waals surface area contributed by atoms with Gasteiger partial charge in [0.05, 0.1) is 0 Å². The monoisotopic (exact) mass is 238 g/mol. The Balaban J connectivity index is 1.72. The molecular formula is C13H22N2S. The van der Waals surface area contributed by atoms with E-state index < -0.39 is 0 Å². The molecule has 0 aromatic carbocycles. The van der Waals surface area contributed by atoms with Crippen molar-refractivity contribution in [1.29, 1.82) is 0 Å². The van der Waals surface area contributed by atoms with Gasteiger partial charge >= 0.3 is 0 Å². The van der Waals surface area contributed by atoms with E-state index in [1.165, 1.54) is 37.2 Å². The molecule has 0 bridgehead atoms. The van der Waals surface area contributed by atoms with Crippen molar-refractivity contribution in [1.82, 2.24) is 10.2 Å². The first-order valence-electron chi connectivity index (χ1n) is 6.36. The van der Waals surface area contributed by atoms with Gasteiger partial charge in [0.1, 0.15) is 0 Å². The average molecular weight is 238 g/mol. The minimum absolute atomic E-state index is 0.775. The second kappa shape index (κ2) is 6.38. The third kappa shape index (κ3) is 3.58. The smallest absolute Gasteiger partial charge is 0.0327 e. The van der Waals surface area contributed by atoms with Crippen molar-refractivity contribution in [3.63, 3.8) is 0 Å². The van der Waals surface area contributed by atoms with E-state index in [9.17, 15) is 0 Å². The third-order valence-electron chi connectivity index (χ3n) is 3.36. The van der Waals surface area contributed by atoms with E-state index in [1.807, 2.05) is 11.3 Å². The zero-order chi connectivity index (χ0) is 11.2. The van der Waals surface area contributed by atoms with Gasteiger partial charge in [0.25, 0.3) is 0 Å². The summed E-state index contributed by atoms with van der Waals surface area (Å²) in [6.45, 7) is 7.00. The molecule has 1 aliphatic rings. The highest BCUT2D eigenvalue weighted by Crippen LogP contribution is 2.14. The lowest BCUT2D eigenvalue weighted by Gasteiger charge is -2.21. The molecule has 1 unspecified atom stereocenters. The summed E-state index contributed by atoms with van der Waals surface area (Å²) in [5.41, 5.74) is 0. The van der Waals surface area contributed by atoms with E-state index in [0.29, 0.717) is 0 Å². The first-order valence-corrected chi connectivity index (χ1v) is 7.24. The first kappa shape index (κ1) is 12.1. The van der Waals surface area contributed by atoms with Gasteiger partial charge in [0.2, 0.25) is 0 Å². The molecule has 0 spiro atoms. The van der Waals surface area contributed by atoms with Crippen molar-refractivity contribution in [3.8, 4) is 0 Å². The highest BCUT2D eigenvalue weighted by molar-refractivity contribution is 7.09. The van der Waals surface area contributed by atoms with Crippen LogP contribution in [0, 0.1) is 0 Å². The number of rotatable bonds is 6. The van der Waals surface area contributed by atoms with E-state index in [-0.39, 0.29) is 0 Å². The molecule has 1 saturated heterocycles. The maximum atomic E-state index is 3.57. The van der Waals surface area contributed by atoms with Crippen LogP contribution in [0.15, 0.2) is 17.5 Å². The summed E-state index contributed by atoms with van der Waals surface area (Å²) in [5.74, 6) is 0. The number of hydrogen-bond donors (Lipinski definition) is 1. The fraction of sp³-hybridized carbons (Fsp3) is 0.692. The van der Waals surface area contributed by atoms with Crippen molar-refractivity contribution in [3.05, 3.63) is 22.4 Å². The molecule has 1 N–H and O–H groups in total. The SMILES string of the molecule is CCN(CCC1CCCN1)Cc1cccs1. The molecule has 0 radical (unpaired) electrons. The number of nitrogens with zero attached hydrogens (tertiary/aromatic N) is 1. The lowest BCUT2D eigenvalue weighted by atomic mass is 10.1. The van der Waals surface area contributed by atoms with Gasteiger partial charge in [-0.2, -0.15) is 0 Å². The predicted octanol–water partition coefficient (Wildman–Crippen LogP) is 2.71. The first-order chi connectivity index (χ1) is 7.88. The van der Waals surface area contributed by atoms with E-state index >= 15 is 0 Å². The topological polar surface area (TPSA) is 15.3 Å². The van der Waals surface area contributed by atoms with Crippen LogP contribution in [-0.2, 0) is 6.54 Å². The average Bonchev–Trinajstić information content (AvgIpc) is 2.97. The van der Waals surface area contributed by atoms with Crippen molar-refractivity contribution in [2.24, 2.45) is 0 Å². The Morgan fingerprint density at radius 1 is 1.56 bits per heavy atom. The Kier molecular flexibility index (Phi) is 4.82. The second-order valence-electron chi connectivity index (χ2n) is 4.53. The zero-order valence-electron chi connectivity index (χ0n) is 10.1. The third-order valence-corrected chi connectivity index (χ3v) is 4.22. The summed E-state index contributed by atoms with van der Waals surface area (Å²) in [7, 11) is 0. The van der Waals surface area contributed by atoms with Crippen molar-refractivity contribution in [2.45, 2.75) is 38.8 Å². The quantitative estimate of drug-likeness (QED) is 0.820. The minimum Gasteiger partial charge on any atom is -0.314 e. The van der Waals surface area contributed by atoms with Crippen LogP contribution in [0.2, 0.25) is 0 Å². The fourth-order valence-corrected chi connectivity index (χ4v) is 3.06. The molecule has 2 heterocycles. The van der Waals surface area contributed by atoms with Crippen molar-refractivity contribution < 1.29 is 0 Å². The highest BCUT2D eigenvalue weighted by Gasteiger charge is 2.15. The molecular weight excluding hydrogens is 216 g/mol. The molecule has 2 rings (SSSR count). The van der Waals surface area contributed by atoms with Crippen LogP contribution < -0.4 is 5.32 Å². The van der Waals surface area contributed by atoms with Gasteiger partial charge in [-0.1, -0.05) is 13.0 Å². The summed E-state index contributed by atoms with van der Waals surface area (Å²) < 4.78 is 0. The molecule has 0 saturated carbocycles. The molecule has 1 aromatic heterocycles. The van der Waals surface area contributed by atoms with E-state index in [1.54, 1.807) is 0 Å². The zero-order valence-corrected chi connectivity index (χ0v) is 10.9.